The molecule has 200 valence electrons. The third-order valence-electron chi connectivity index (χ3n) is 5.84. The molecule has 0 heterocycles. The van der Waals surface area contributed by atoms with Crippen LogP contribution in [0.25, 0.3) is 0 Å². The Balaban J connectivity index is 1.46. The van der Waals surface area contributed by atoms with E-state index >= 15 is 0 Å². The van der Waals surface area contributed by atoms with Crippen molar-refractivity contribution in [3.8, 4) is 0 Å². The zero-order valence-electron chi connectivity index (χ0n) is 18.8. The average molecular weight is 645 g/mol. The van der Waals surface area contributed by atoms with Gasteiger partial charge in [0.25, 0.3) is 0 Å². The maximum Gasteiger partial charge on any atom is 0.417 e. The monoisotopic (exact) mass is 642 g/mol. The molecule has 38 heavy (non-hydrogen) atoms. The van der Waals surface area contributed by atoms with Crippen molar-refractivity contribution in [3.05, 3.63) is 91.4 Å². The number of rotatable bonds is 7. The van der Waals surface area contributed by atoms with Crippen LogP contribution in [0.3, 0.4) is 0 Å². The highest BCUT2D eigenvalue weighted by Gasteiger charge is 2.67. The second kappa shape index (κ2) is 11.0. The first-order valence-corrected chi connectivity index (χ1v) is 13.0. The van der Waals surface area contributed by atoms with Crippen LogP contribution in [0.1, 0.15) is 27.4 Å². The first kappa shape index (κ1) is 29.1. The van der Waals surface area contributed by atoms with Crippen molar-refractivity contribution in [1.29, 1.82) is 0 Å². The Morgan fingerprint density at radius 1 is 0.842 bits per heavy atom. The minimum atomic E-state index is -4.65. The molecule has 2 unspecified atom stereocenters. The van der Waals surface area contributed by atoms with Gasteiger partial charge in [-0.15, -0.1) is 23.2 Å². The van der Waals surface area contributed by atoms with Crippen LogP contribution in [0.4, 0.5) is 24.5 Å². The number of halogens is 9. The predicted octanol–water partition coefficient (Wildman–Crippen LogP) is 9.14. The summed E-state index contributed by atoms with van der Waals surface area (Å²) in [4.78, 5) is 25.8. The second-order valence-electron chi connectivity index (χ2n) is 8.49. The highest BCUT2D eigenvalue weighted by atomic mass is 35.5. The SMILES string of the molecule is O=C(CNc1ccc(Cl)c(C(F)(F)F)c1)c1cc(NC(=O)C2C(c3cc(Cl)cc(Cl)c3)C2(Cl)Cl)ccc1Cl. The molecular formula is C25H15Cl6F3N2O2. The van der Waals surface area contributed by atoms with Gasteiger partial charge in [0.05, 0.1) is 28.1 Å². The van der Waals surface area contributed by atoms with Gasteiger partial charge in [0, 0.05) is 32.9 Å². The normalized spacial score (nSPS) is 18.1. The van der Waals surface area contributed by atoms with Crippen LogP contribution >= 0.6 is 69.6 Å². The van der Waals surface area contributed by atoms with Gasteiger partial charge < -0.3 is 10.6 Å². The molecule has 13 heteroatoms. The lowest BCUT2D eigenvalue weighted by Gasteiger charge is -2.13. The van der Waals surface area contributed by atoms with Gasteiger partial charge in [-0.05, 0) is 60.2 Å². The van der Waals surface area contributed by atoms with Crippen molar-refractivity contribution in [2.24, 2.45) is 5.92 Å². The smallest absolute Gasteiger partial charge is 0.378 e. The van der Waals surface area contributed by atoms with Gasteiger partial charge in [-0.25, -0.2) is 0 Å². The maximum atomic E-state index is 13.1. The number of ketones is 1. The summed E-state index contributed by atoms with van der Waals surface area (Å²) >= 11 is 36.7. The number of hydrogen-bond acceptors (Lipinski definition) is 3. The Hall–Kier alpha value is -1.87. The molecular weight excluding hydrogens is 630 g/mol. The second-order valence-corrected chi connectivity index (χ2v) is 11.6. The number of hydrogen-bond donors (Lipinski definition) is 2. The van der Waals surface area contributed by atoms with Gasteiger partial charge >= 0.3 is 6.18 Å². The van der Waals surface area contributed by atoms with E-state index in [0.29, 0.717) is 15.6 Å². The summed E-state index contributed by atoms with van der Waals surface area (Å²) in [5.41, 5.74) is -0.113. The molecule has 1 aliphatic carbocycles. The third-order valence-corrected chi connectivity index (χ3v) is 7.88. The molecule has 1 fully saturated rings. The number of nitrogens with one attached hydrogen (secondary N) is 2. The first-order chi connectivity index (χ1) is 17.7. The van der Waals surface area contributed by atoms with E-state index in [4.69, 9.17) is 69.6 Å². The quantitative estimate of drug-likeness (QED) is 0.199. The number of alkyl halides is 5. The highest BCUT2D eigenvalue weighted by molar-refractivity contribution is 6.53. The van der Waals surface area contributed by atoms with Gasteiger partial charge in [0.1, 0.15) is 4.33 Å². The lowest BCUT2D eigenvalue weighted by Crippen LogP contribution is -2.18. The van der Waals surface area contributed by atoms with Crippen LogP contribution in [0, 0.1) is 5.92 Å². The lowest BCUT2D eigenvalue weighted by atomic mass is 10.1. The molecule has 4 rings (SSSR count). The first-order valence-electron chi connectivity index (χ1n) is 10.8. The number of benzene rings is 3. The molecule has 3 aromatic carbocycles. The van der Waals surface area contributed by atoms with Crippen molar-refractivity contribution < 1.29 is 22.8 Å². The minimum Gasteiger partial charge on any atom is -0.378 e. The van der Waals surface area contributed by atoms with E-state index in [1.54, 1.807) is 12.1 Å². The van der Waals surface area contributed by atoms with Crippen molar-refractivity contribution in [2.45, 2.75) is 16.4 Å². The van der Waals surface area contributed by atoms with Gasteiger partial charge in [-0.2, -0.15) is 13.2 Å². The van der Waals surface area contributed by atoms with Crippen LogP contribution in [-0.4, -0.2) is 22.6 Å². The summed E-state index contributed by atoms with van der Waals surface area (Å²) in [5, 5.41) is 5.66. The van der Waals surface area contributed by atoms with E-state index in [0.717, 1.165) is 12.1 Å². The van der Waals surface area contributed by atoms with Crippen LogP contribution in [0.2, 0.25) is 20.1 Å². The Bertz CT molecular complexity index is 1410. The van der Waals surface area contributed by atoms with Crippen molar-refractivity contribution >= 4 is 92.7 Å². The maximum absolute atomic E-state index is 13.1. The number of carbonyl (C=O) groups is 2. The molecule has 0 spiro atoms. The van der Waals surface area contributed by atoms with Crippen molar-refractivity contribution in [1.82, 2.24) is 0 Å². The highest BCUT2D eigenvalue weighted by Crippen LogP contribution is 2.65. The standard InChI is InChI=1S/C25H15Cl6F3N2O2/c26-12-5-11(6-13(27)7-12)21-22(24(21,30)31)23(38)36-15-2-3-18(28)16(8-15)20(37)10-35-14-1-4-19(29)17(9-14)25(32,33)34/h1-9,21-22,35H,10H2,(H,36,38). The number of carbonyl (C=O) groups excluding carboxylic acids is 2. The van der Waals surface area contributed by atoms with E-state index in [-0.39, 0.29) is 28.5 Å². The topological polar surface area (TPSA) is 58.2 Å². The van der Waals surface area contributed by atoms with Gasteiger partial charge in [-0.1, -0.05) is 46.4 Å². The zero-order valence-corrected chi connectivity index (χ0v) is 23.3. The Kier molecular flexibility index (Phi) is 8.39. The van der Waals surface area contributed by atoms with Crippen molar-refractivity contribution in [2.75, 3.05) is 17.2 Å². The molecule has 1 amide bonds. The Labute approximate surface area is 245 Å². The molecule has 0 aliphatic heterocycles. The van der Waals surface area contributed by atoms with Gasteiger partial charge in [0.15, 0.2) is 5.78 Å². The van der Waals surface area contributed by atoms with Crippen molar-refractivity contribution in [3.63, 3.8) is 0 Å². The van der Waals surface area contributed by atoms with Gasteiger partial charge in [0.2, 0.25) is 5.91 Å². The molecule has 1 aliphatic rings. The van der Waals surface area contributed by atoms with E-state index in [1.807, 2.05) is 0 Å². The molecule has 2 atom stereocenters. The number of anilines is 2. The van der Waals surface area contributed by atoms with Crippen LogP contribution in [0.15, 0.2) is 54.6 Å². The van der Waals surface area contributed by atoms with E-state index in [1.165, 1.54) is 30.3 Å². The molecule has 0 bridgehead atoms. The Morgan fingerprint density at radius 3 is 2.08 bits per heavy atom. The van der Waals surface area contributed by atoms with E-state index < -0.39 is 44.6 Å². The molecule has 4 nitrogen and oxygen atoms in total. The fourth-order valence-electron chi connectivity index (χ4n) is 3.99. The molecule has 0 aromatic heterocycles. The lowest BCUT2D eigenvalue weighted by molar-refractivity contribution is -0.137. The molecule has 1 saturated carbocycles. The molecule has 0 radical (unpaired) electrons. The summed E-state index contributed by atoms with van der Waals surface area (Å²) in [7, 11) is 0. The third kappa shape index (κ3) is 6.30. The summed E-state index contributed by atoms with van der Waals surface area (Å²) < 4.78 is 37.9. The predicted molar refractivity (Wildman–Crippen MR) is 146 cm³/mol. The van der Waals surface area contributed by atoms with E-state index in [2.05, 4.69) is 10.6 Å². The summed E-state index contributed by atoms with van der Waals surface area (Å²) in [6.07, 6.45) is -4.65. The largest absolute Gasteiger partial charge is 0.417 e. The summed E-state index contributed by atoms with van der Waals surface area (Å²) in [6.45, 7) is -0.372. The van der Waals surface area contributed by atoms with E-state index in [9.17, 15) is 22.8 Å². The average Bonchev–Trinajstić information content (AvgIpc) is 3.40. The molecule has 0 saturated heterocycles. The van der Waals surface area contributed by atoms with Crippen LogP contribution < -0.4 is 10.6 Å². The van der Waals surface area contributed by atoms with Gasteiger partial charge in [-0.3, -0.25) is 9.59 Å². The summed E-state index contributed by atoms with van der Waals surface area (Å²) in [6, 6.07) is 12.2. The fourth-order valence-corrected chi connectivity index (χ4v) is 5.81. The fraction of sp³-hybridized carbons (Fsp3) is 0.200. The van der Waals surface area contributed by atoms with Crippen LogP contribution in [-0.2, 0) is 11.0 Å². The molecule has 3 aromatic rings. The molecule has 2 N–H and O–H groups in total. The number of Topliss-reactive ketones (excluding diaryl/α,β-unsaturated/α-hetero) is 1. The minimum absolute atomic E-state index is 0.0390. The number of amides is 1. The van der Waals surface area contributed by atoms with Crippen LogP contribution in [0.5, 0.6) is 0 Å². The zero-order chi connectivity index (χ0) is 28.0. The summed E-state index contributed by atoms with van der Waals surface area (Å²) in [5.74, 6) is -2.43. The Morgan fingerprint density at radius 2 is 1.45 bits per heavy atom.